The Labute approximate surface area is 147 Å². The molecule has 25 heavy (non-hydrogen) atoms. The van der Waals surface area contributed by atoms with E-state index in [2.05, 4.69) is 79.6 Å². The first kappa shape index (κ1) is 14.8. The van der Waals surface area contributed by atoms with E-state index >= 15 is 0 Å². The molecule has 5 rings (SSSR count). The van der Waals surface area contributed by atoms with E-state index in [0.717, 1.165) is 17.6 Å². The van der Waals surface area contributed by atoms with Gasteiger partial charge in [-0.3, -0.25) is 0 Å². The summed E-state index contributed by atoms with van der Waals surface area (Å²) in [4.78, 5) is 0. The van der Waals surface area contributed by atoms with E-state index in [1.54, 1.807) is 0 Å². The summed E-state index contributed by atoms with van der Waals surface area (Å²) in [5.41, 5.74) is 5.21. The molecule has 0 amide bonds. The van der Waals surface area contributed by atoms with Gasteiger partial charge in [-0.05, 0) is 28.7 Å². The van der Waals surface area contributed by atoms with Crippen LogP contribution >= 0.6 is 0 Å². The zero-order valence-corrected chi connectivity index (χ0v) is 14.7. The minimum absolute atomic E-state index is 0.0397. The molecule has 0 saturated carbocycles. The summed E-state index contributed by atoms with van der Waals surface area (Å²) in [6.45, 7) is 7.39. The second kappa shape index (κ2) is 4.79. The predicted molar refractivity (Wildman–Crippen MR) is 97.2 cm³/mol. The maximum absolute atomic E-state index is 6.44. The number of ether oxygens (including phenoxy) is 1. The number of hydrogen-bond donors (Lipinski definition) is 0. The first-order chi connectivity index (χ1) is 12.0. The van der Waals surface area contributed by atoms with Crippen molar-refractivity contribution in [1.29, 1.82) is 0 Å². The molecule has 0 saturated heterocycles. The van der Waals surface area contributed by atoms with Gasteiger partial charge in [0.15, 0.2) is 0 Å². The molecule has 2 aromatic carbocycles. The van der Waals surface area contributed by atoms with Crippen molar-refractivity contribution in [2.75, 3.05) is 0 Å². The van der Waals surface area contributed by atoms with Gasteiger partial charge in [0.1, 0.15) is 17.2 Å². The summed E-state index contributed by atoms with van der Waals surface area (Å²) in [6, 6.07) is 14.7. The summed E-state index contributed by atoms with van der Waals surface area (Å²) in [5.74, 6) is 0. The van der Waals surface area contributed by atoms with Crippen LogP contribution in [-0.2, 0) is 16.9 Å². The Bertz CT molecular complexity index is 997. The number of hydrogen-bond acceptors (Lipinski definition) is 3. The fraction of sp³-hybridized carbons (Fsp3) is 0.333. The van der Waals surface area contributed by atoms with Crippen molar-refractivity contribution >= 4 is 11.0 Å². The smallest absolute Gasteiger partial charge is 0.120 e. The number of nitrogens with zero attached hydrogens (tertiary/aromatic N) is 3. The molecule has 0 fully saturated rings. The molecule has 126 valence electrons. The molecule has 2 aliphatic heterocycles. The fourth-order valence-corrected chi connectivity index (χ4v) is 4.17. The molecule has 3 aromatic rings. The third-order valence-electron chi connectivity index (χ3n) is 5.51. The molecule has 0 radical (unpaired) electrons. The van der Waals surface area contributed by atoms with Gasteiger partial charge in [0.2, 0.25) is 0 Å². The standard InChI is InChI=1S/C21H21N3O/c1-20(2,3)21-12-11-17(25-21)15-9-10-16-19(18(15)21)22-23-24(16)13-14-7-5-4-6-8-14/h4-12,17H,13H2,1-3H3. The second-order valence-corrected chi connectivity index (χ2v) is 8.01. The number of fused-ring (bicyclic) bond motifs is 7. The summed E-state index contributed by atoms with van der Waals surface area (Å²) < 4.78 is 8.43. The van der Waals surface area contributed by atoms with Gasteiger partial charge in [-0.1, -0.05) is 68.5 Å². The number of rotatable bonds is 2. The highest BCUT2D eigenvalue weighted by atomic mass is 16.5. The Morgan fingerprint density at radius 2 is 1.92 bits per heavy atom. The van der Waals surface area contributed by atoms with Crippen LogP contribution in [0.4, 0.5) is 0 Å². The van der Waals surface area contributed by atoms with Crippen LogP contribution in [0, 0.1) is 5.41 Å². The molecule has 1 aromatic heterocycles. The fourth-order valence-electron chi connectivity index (χ4n) is 4.17. The van der Waals surface area contributed by atoms with Crippen LogP contribution in [0.2, 0.25) is 0 Å². The third kappa shape index (κ3) is 1.91. The lowest BCUT2D eigenvalue weighted by Gasteiger charge is -2.38. The molecule has 2 aliphatic rings. The lowest BCUT2D eigenvalue weighted by molar-refractivity contribution is -0.0747. The first-order valence-corrected chi connectivity index (χ1v) is 8.77. The van der Waals surface area contributed by atoms with Gasteiger partial charge in [0.25, 0.3) is 0 Å². The molecule has 2 unspecified atom stereocenters. The lowest BCUT2D eigenvalue weighted by atomic mass is 9.70. The Morgan fingerprint density at radius 1 is 1.12 bits per heavy atom. The Kier molecular flexibility index (Phi) is 2.85. The Balaban J connectivity index is 1.69. The van der Waals surface area contributed by atoms with Crippen LogP contribution in [0.15, 0.2) is 54.6 Å². The van der Waals surface area contributed by atoms with E-state index in [9.17, 15) is 0 Å². The van der Waals surface area contributed by atoms with Crippen LogP contribution in [0.5, 0.6) is 0 Å². The monoisotopic (exact) mass is 331 g/mol. The Hall–Kier alpha value is -2.46. The van der Waals surface area contributed by atoms with E-state index in [4.69, 9.17) is 4.74 Å². The predicted octanol–water partition coefficient (Wildman–Crippen LogP) is 4.36. The van der Waals surface area contributed by atoms with Crippen LogP contribution in [0.1, 0.15) is 43.6 Å². The van der Waals surface area contributed by atoms with E-state index in [-0.39, 0.29) is 11.5 Å². The quantitative estimate of drug-likeness (QED) is 0.655. The molecule has 2 atom stereocenters. The normalized spacial score (nSPS) is 24.2. The summed E-state index contributed by atoms with van der Waals surface area (Å²) >= 11 is 0. The van der Waals surface area contributed by atoms with Crippen LogP contribution < -0.4 is 0 Å². The van der Waals surface area contributed by atoms with Crippen LogP contribution in [0.3, 0.4) is 0 Å². The van der Waals surface area contributed by atoms with Crippen molar-refractivity contribution in [2.24, 2.45) is 5.41 Å². The topological polar surface area (TPSA) is 39.9 Å². The lowest BCUT2D eigenvalue weighted by Crippen LogP contribution is -2.37. The maximum Gasteiger partial charge on any atom is 0.120 e. The molecule has 4 nitrogen and oxygen atoms in total. The molecule has 2 bridgehead atoms. The zero-order chi connectivity index (χ0) is 17.2. The highest BCUT2D eigenvalue weighted by Crippen LogP contribution is 2.59. The van der Waals surface area contributed by atoms with Gasteiger partial charge in [-0.15, -0.1) is 5.10 Å². The van der Waals surface area contributed by atoms with Gasteiger partial charge in [-0.25, -0.2) is 4.68 Å². The van der Waals surface area contributed by atoms with Gasteiger partial charge in [0.05, 0.1) is 12.1 Å². The van der Waals surface area contributed by atoms with E-state index in [1.807, 2.05) is 10.7 Å². The molecular weight excluding hydrogens is 310 g/mol. The van der Waals surface area contributed by atoms with Crippen molar-refractivity contribution in [1.82, 2.24) is 15.0 Å². The molecular formula is C21H21N3O. The van der Waals surface area contributed by atoms with Crippen molar-refractivity contribution < 1.29 is 4.74 Å². The van der Waals surface area contributed by atoms with Gasteiger partial charge in [-0.2, -0.15) is 0 Å². The highest BCUT2D eigenvalue weighted by Gasteiger charge is 2.55. The summed E-state index contributed by atoms with van der Waals surface area (Å²) in [6.07, 6.45) is 4.43. The molecule has 0 aliphatic carbocycles. The van der Waals surface area contributed by atoms with Crippen molar-refractivity contribution in [3.8, 4) is 0 Å². The minimum Gasteiger partial charge on any atom is -0.353 e. The molecule has 0 N–H and O–H groups in total. The minimum atomic E-state index is -0.417. The highest BCUT2D eigenvalue weighted by molar-refractivity contribution is 5.83. The average Bonchev–Trinajstić information content (AvgIpc) is 3.28. The van der Waals surface area contributed by atoms with Crippen molar-refractivity contribution in [2.45, 2.75) is 39.0 Å². The molecule has 0 spiro atoms. The summed E-state index contributed by atoms with van der Waals surface area (Å²) in [5, 5.41) is 9.01. The average molecular weight is 331 g/mol. The third-order valence-corrected chi connectivity index (χ3v) is 5.51. The van der Waals surface area contributed by atoms with E-state index in [1.165, 1.54) is 16.7 Å². The summed E-state index contributed by atoms with van der Waals surface area (Å²) in [7, 11) is 0. The van der Waals surface area contributed by atoms with Crippen LogP contribution in [0.25, 0.3) is 11.0 Å². The van der Waals surface area contributed by atoms with Crippen molar-refractivity contribution in [3.63, 3.8) is 0 Å². The van der Waals surface area contributed by atoms with Gasteiger partial charge < -0.3 is 4.74 Å². The molecule has 4 heteroatoms. The van der Waals surface area contributed by atoms with E-state index < -0.39 is 5.60 Å². The zero-order valence-electron chi connectivity index (χ0n) is 14.7. The maximum atomic E-state index is 6.44. The van der Waals surface area contributed by atoms with E-state index in [0.29, 0.717) is 0 Å². The Morgan fingerprint density at radius 3 is 2.68 bits per heavy atom. The van der Waals surface area contributed by atoms with Crippen LogP contribution in [-0.4, -0.2) is 15.0 Å². The SMILES string of the molecule is CC(C)(C)C12C=CC(O1)c1ccc3c(nnn3Cc3ccccc3)c12. The van der Waals surface area contributed by atoms with Gasteiger partial charge >= 0.3 is 0 Å². The molecule has 3 heterocycles. The van der Waals surface area contributed by atoms with Crippen molar-refractivity contribution in [3.05, 3.63) is 71.3 Å². The second-order valence-electron chi connectivity index (χ2n) is 8.01. The van der Waals surface area contributed by atoms with Gasteiger partial charge in [0, 0.05) is 5.56 Å². The number of aromatic nitrogens is 3. The number of benzene rings is 2. The largest absolute Gasteiger partial charge is 0.353 e. The first-order valence-electron chi connectivity index (χ1n) is 8.77.